The lowest BCUT2D eigenvalue weighted by Crippen LogP contribution is -2.49. The molecule has 124 valence electrons. The highest BCUT2D eigenvalue weighted by molar-refractivity contribution is 9.10. The van der Waals surface area contributed by atoms with Gasteiger partial charge < -0.3 is 14.4 Å². The number of ether oxygens (including phenoxy) is 2. The van der Waals surface area contributed by atoms with E-state index >= 15 is 0 Å². The van der Waals surface area contributed by atoms with Gasteiger partial charge in [-0.15, -0.1) is 0 Å². The summed E-state index contributed by atoms with van der Waals surface area (Å²) in [4.78, 5) is 14.3. The van der Waals surface area contributed by atoms with Crippen molar-refractivity contribution in [3.63, 3.8) is 0 Å². The van der Waals surface area contributed by atoms with E-state index in [9.17, 15) is 9.18 Å². The number of halogens is 2. The molecule has 1 aromatic carbocycles. The van der Waals surface area contributed by atoms with Crippen LogP contribution in [0.2, 0.25) is 0 Å². The number of carbonyl (C=O) groups is 1. The molecule has 2 heterocycles. The summed E-state index contributed by atoms with van der Waals surface area (Å²) in [5, 5.41) is 0. The van der Waals surface area contributed by atoms with Crippen LogP contribution in [0.25, 0.3) is 6.08 Å². The zero-order chi connectivity index (χ0) is 16.2. The van der Waals surface area contributed by atoms with Crippen LogP contribution in [0.1, 0.15) is 24.8 Å². The summed E-state index contributed by atoms with van der Waals surface area (Å²) in [5.41, 5.74) is 0.384. The Morgan fingerprint density at radius 1 is 1.30 bits per heavy atom. The standard InChI is InChI=1S/C17H19BrFNO3/c18-13-5-6-14(19)12(11-13)4-7-16(21)20-8-2-1-3-15(20)17-22-9-10-23-17/h4-7,11,15,17H,1-3,8-10H2/b7-4-/t15-/m0/s1. The SMILES string of the molecule is O=C(/C=C\c1cc(Br)ccc1F)N1CCCC[C@H]1C1OCCO1. The van der Waals surface area contributed by atoms with E-state index in [0.29, 0.717) is 25.3 Å². The molecule has 0 unspecified atom stereocenters. The molecule has 2 aliphatic heterocycles. The summed E-state index contributed by atoms with van der Waals surface area (Å²) in [7, 11) is 0. The van der Waals surface area contributed by atoms with E-state index in [1.54, 1.807) is 17.0 Å². The molecular formula is C17H19BrFNO3. The highest BCUT2D eigenvalue weighted by Gasteiger charge is 2.35. The predicted octanol–water partition coefficient (Wildman–Crippen LogP) is 3.36. The van der Waals surface area contributed by atoms with Crippen molar-refractivity contribution in [2.24, 2.45) is 0 Å². The Morgan fingerprint density at radius 2 is 2.09 bits per heavy atom. The number of likely N-dealkylation sites (tertiary alicyclic amines) is 1. The molecule has 1 amide bonds. The Morgan fingerprint density at radius 3 is 2.87 bits per heavy atom. The molecule has 2 aliphatic rings. The lowest BCUT2D eigenvalue weighted by molar-refractivity contribution is -0.145. The first-order valence-electron chi connectivity index (χ1n) is 7.82. The van der Waals surface area contributed by atoms with Gasteiger partial charge in [-0.1, -0.05) is 15.9 Å². The van der Waals surface area contributed by atoms with Crippen molar-refractivity contribution >= 4 is 27.9 Å². The first-order valence-corrected chi connectivity index (χ1v) is 8.61. The predicted molar refractivity (Wildman–Crippen MR) is 88.2 cm³/mol. The maximum Gasteiger partial charge on any atom is 0.247 e. The van der Waals surface area contributed by atoms with Gasteiger partial charge in [0, 0.05) is 22.7 Å². The van der Waals surface area contributed by atoms with Crippen molar-refractivity contribution in [3.8, 4) is 0 Å². The fraction of sp³-hybridized carbons (Fsp3) is 0.471. The maximum absolute atomic E-state index is 13.7. The normalized spacial score (nSPS) is 22.9. The molecule has 2 fully saturated rings. The van der Waals surface area contributed by atoms with Gasteiger partial charge >= 0.3 is 0 Å². The number of benzene rings is 1. The quantitative estimate of drug-likeness (QED) is 0.751. The van der Waals surface area contributed by atoms with Gasteiger partial charge in [-0.25, -0.2) is 4.39 Å². The van der Waals surface area contributed by atoms with E-state index < -0.39 is 0 Å². The number of rotatable bonds is 3. The van der Waals surface area contributed by atoms with Crippen molar-refractivity contribution in [2.75, 3.05) is 19.8 Å². The monoisotopic (exact) mass is 383 g/mol. The molecule has 3 rings (SSSR count). The van der Waals surface area contributed by atoms with Gasteiger partial charge in [0.05, 0.1) is 19.3 Å². The highest BCUT2D eigenvalue weighted by atomic mass is 79.9. The van der Waals surface area contributed by atoms with Crippen molar-refractivity contribution in [1.82, 2.24) is 4.90 Å². The largest absolute Gasteiger partial charge is 0.348 e. The number of amides is 1. The van der Waals surface area contributed by atoms with Crippen LogP contribution in [0.15, 0.2) is 28.7 Å². The summed E-state index contributed by atoms with van der Waals surface area (Å²) in [6, 6.07) is 4.59. The van der Waals surface area contributed by atoms with E-state index in [2.05, 4.69) is 15.9 Å². The van der Waals surface area contributed by atoms with Crippen LogP contribution in [0.4, 0.5) is 4.39 Å². The van der Waals surface area contributed by atoms with Gasteiger partial charge in [-0.05, 0) is 43.5 Å². The van der Waals surface area contributed by atoms with Crippen LogP contribution in [-0.2, 0) is 14.3 Å². The second-order valence-corrected chi connectivity index (χ2v) is 6.62. The maximum atomic E-state index is 13.7. The fourth-order valence-corrected chi connectivity index (χ4v) is 3.39. The van der Waals surface area contributed by atoms with E-state index in [1.165, 1.54) is 18.2 Å². The van der Waals surface area contributed by atoms with Gasteiger partial charge in [0.1, 0.15) is 5.82 Å². The zero-order valence-electron chi connectivity index (χ0n) is 12.7. The first-order chi connectivity index (χ1) is 11.1. The lowest BCUT2D eigenvalue weighted by atomic mass is 10.0. The van der Waals surface area contributed by atoms with E-state index in [0.717, 1.165) is 23.7 Å². The van der Waals surface area contributed by atoms with Crippen LogP contribution >= 0.6 is 15.9 Å². The Balaban J connectivity index is 1.72. The Labute approximate surface area is 143 Å². The minimum atomic E-state index is -0.352. The van der Waals surface area contributed by atoms with Gasteiger partial charge in [0.15, 0.2) is 6.29 Å². The van der Waals surface area contributed by atoms with E-state index in [-0.39, 0.29) is 24.1 Å². The number of carbonyl (C=O) groups excluding carboxylic acids is 1. The topological polar surface area (TPSA) is 38.8 Å². The summed E-state index contributed by atoms with van der Waals surface area (Å²) in [5.74, 6) is -0.483. The number of piperidine rings is 1. The Bertz CT molecular complexity index is 602. The average Bonchev–Trinajstić information content (AvgIpc) is 3.10. The van der Waals surface area contributed by atoms with E-state index in [4.69, 9.17) is 9.47 Å². The summed E-state index contributed by atoms with van der Waals surface area (Å²) < 4.78 is 25.6. The van der Waals surface area contributed by atoms with Gasteiger partial charge in [0.2, 0.25) is 5.91 Å². The summed E-state index contributed by atoms with van der Waals surface area (Å²) in [6.07, 6.45) is 5.50. The molecule has 1 aromatic rings. The van der Waals surface area contributed by atoms with Crippen LogP contribution < -0.4 is 0 Å². The average molecular weight is 384 g/mol. The molecule has 23 heavy (non-hydrogen) atoms. The van der Waals surface area contributed by atoms with Crippen molar-refractivity contribution in [1.29, 1.82) is 0 Å². The number of nitrogens with zero attached hydrogens (tertiary/aromatic N) is 1. The third-order valence-electron chi connectivity index (χ3n) is 4.16. The molecule has 2 saturated heterocycles. The van der Waals surface area contributed by atoms with Crippen LogP contribution in [0.5, 0.6) is 0 Å². The molecule has 6 heteroatoms. The molecule has 0 bridgehead atoms. The molecule has 0 aliphatic carbocycles. The van der Waals surface area contributed by atoms with Crippen molar-refractivity contribution in [2.45, 2.75) is 31.6 Å². The lowest BCUT2D eigenvalue weighted by Gasteiger charge is -2.37. The van der Waals surface area contributed by atoms with Crippen LogP contribution in [0, 0.1) is 5.82 Å². The third-order valence-corrected chi connectivity index (χ3v) is 4.65. The molecule has 0 N–H and O–H groups in total. The third kappa shape index (κ3) is 4.00. The van der Waals surface area contributed by atoms with Gasteiger partial charge in [-0.3, -0.25) is 4.79 Å². The van der Waals surface area contributed by atoms with Gasteiger partial charge in [0.25, 0.3) is 0 Å². The molecule has 4 nitrogen and oxygen atoms in total. The highest BCUT2D eigenvalue weighted by Crippen LogP contribution is 2.25. The molecule has 1 atom stereocenters. The second kappa shape index (κ2) is 7.55. The number of hydrogen-bond donors (Lipinski definition) is 0. The zero-order valence-corrected chi connectivity index (χ0v) is 14.3. The number of hydrogen-bond acceptors (Lipinski definition) is 3. The smallest absolute Gasteiger partial charge is 0.247 e. The fourth-order valence-electron chi connectivity index (χ4n) is 3.01. The van der Waals surface area contributed by atoms with E-state index in [1.807, 2.05) is 0 Å². The van der Waals surface area contributed by atoms with Gasteiger partial charge in [-0.2, -0.15) is 0 Å². The van der Waals surface area contributed by atoms with Crippen LogP contribution in [-0.4, -0.2) is 42.9 Å². The Kier molecular flexibility index (Phi) is 5.46. The Hall–Kier alpha value is -1.24. The van der Waals surface area contributed by atoms with Crippen molar-refractivity contribution < 1.29 is 18.7 Å². The molecule has 0 saturated carbocycles. The summed E-state index contributed by atoms with van der Waals surface area (Å²) >= 11 is 3.31. The first kappa shape index (κ1) is 16.6. The molecule has 0 radical (unpaired) electrons. The minimum Gasteiger partial charge on any atom is -0.348 e. The second-order valence-electron chi connectivity index (χ2n) is 5.70. The van der Waals surface area contributed by atoms with Crippen molar-refractivity contribution in [3.05, 3.63) is 40.1 Å². The molecular weight excluding hydrogens is 365 g/mol. The minimum absolute atomic E-state index is 0.0595. The molecule has 0 aromatic heterocycles. The van der Waals surface area contributed by atoms with Crippen LogP contribution in [0.3, 0.4) is 0 Å². The molecule has 0 spiro atoms. The summed E-state index contributed by atoms with van der Waals surface area (Å²) in [6.45, 7) is 1.82.